The maximum atomic E-state index is 12.9. The Labute approximate surface area is 82.3 Å². The van der Waals surface area contributed by atoms with Crippen molar-refractivity contribution in [3.8, 4) is 0 Å². The van der Waals surface area contributed by atoms with E-state index in [1.807, 2.05) is 13.8 Å². The van der Waals surface area contributed by atoms with Gasteiger partial charge < -0.3 is 5.73 Å². The highest BCUT2D eigenvalue weighted by molar-refractivity contribution is 5.81. The van der Waals surface area contributed by atoms with Crippen molar-refractivity contribution in [1.29, 1.82) is 0 Å². The summed E-state index contributed by atoms with van der Waals surface area (Å²) in [5.41, 5.74) is 6.17. The molecule has 0 amide bonds. The van der Waals surface area contributed by atoms with Crippen LogP contribution in [0.1, 0.15) is 13.8 Å². The van der Waals surface area contributed by atoms with E-state index in [4.69, 9.17) is 5.73 Å². The summed E-state index contributed by atoms with van der Waals surface area (Å²) in [5.74, 6) is -0.416. The number of rotatable bonds is 0. The quantitative estimate of drug-likeness (QED) is 0.655. The van der Waals surface area contributed by atoms with E-state index in [1.165, 1.54) is 6.07 Å². The molecule has 0 aliphatic carbocycles. The fourth-order valence-corrected chi connectivity index (χ4v) is 1.19. The van der Waals surface area contributed by atoms with Gasteiger partial charge in [-0.25, -0.2) is 4.39 Å². The minimum Gasteiger partial charge on any atom is -0.396 e. The second-order valence-electron chi connectivity index (χ2n) is 2.74. The van der Waals surface area contributed by atoms with Crippen molar-refractivity contribution in [1.82, 2.24) is 9.78 Å². The van der Waals surface area contributed by atoms with Gasteiger partial charge in [-0.3, -0.25) is 4.68 Å². The van der Waals surface area contributed by atoms with Gasteiger partial charge in [0.2, 0.25) is 0 Å². The van der Waals surface area contributed by atoms with Crippen LogP contribution in [0.4, 0.5) is 10.1 Å². The largest absolute Gasteiger partial charge is 0.396 e. The second kappa shape index (κ2) is 4.09. The fourth-order valence-electron chi connectivity index (χ4n) is 1.19. The van der Waals surface area contributed by atoms with Gasteiger partial charge in [-0.1, -0.05) is 13.8 Å². The predicted octanol–water partition coefficient (Wildman–Crippen LogP) is 2.32. The lowest BCUT2D eigenvalue weighted by atomic mass is 10.2. The molecule has 0 atom stereocenters. The SMILES string of the molecule is CC.Cn1cc2cc(N)c(F)cc2n1. The zero-order chi connectivity index (χ0) is 10.7. The zero-order valence-electron chi connectivity index (χ0n) is 8.58. The number of nitrogen functional groups attached to an aromatic ring is 1. The van der Waals surface area contributed by atoms with E-state index in [2.05, 4.69) is 5.10 Å². The zero-order valence-corrected chi connectivity index (χ0v) is 8.58. The average Bonchev–Trinajstić information content (AvgIpc) is 2.49. The molecule has 0 spiro atoms. The van der Waals surface area contributed by atoms with E-state index >= 15 is 0 Å². The van der Waals surface area contributed by atoms with E-state index in [9.17, 15) is 4.39 Å². The Bertz CT molecular complexity index is 395. The highest BCUT2D eigenvalue weighted by atomic mass is 19.1. The molecule has 1 heterocycles. The molecule has 1 aromatic heterocycles. The first-order valence-electron chi connectivity index (χ1n) is 4.55. The van der Waals surface area contributed by atoms with Gasteiger partial charge in [-0.2, -0.15) is 5.10 Å². The van der Waals surface area contributed by atoms with Crippen LogP contribution in [0.3, 0.4) is 0 Å². The predicted molar refractivity (Wildman–Crippen MR) is 56.4 cm³/mol. The second-order valence-corrected chi connectivity index (χ2v) is 2.74. The van der Waals surface area contributed by atoms with Crippen molar-refractivity contribution in [2.45, 2.75) is 13.8 Å². The third kappa shape index (κ3) is 1.84. The molecule has 2 N–H and O–H groups in total. The summed E-state index contributed by atoms with van der Waals surface area (Å²) in [6.45, 7) is 4.00. The number of nitrogens with zero attached hydrogens (tertiary/aromatic N) is 2. The van der Waals surface area contributed by atoms with Gasteiger partial charge in [0.1, 0.15) is 5.82 Å². The first kappa shape index (κ1) is 10.5. The van der Waals surface area contributed by atoms with Crippen LogP contribution in [0.15, 0.2) is 18.3 Å². The molecule has 2 aromatic rings. The molecule has 0 aliphatic heterocycles. The number of benzene rings is 1. The molecule has 14 heavy (non-hydrogen) atoms. The maximum Gasteiger partial charge on any atom is 0.148 e. The molecule has 0 fully saturated rings. The number of anilines is 1. The average molecular weight is 195 g/mol. The number of fused-ring (bicyclic) bond motifs is 1. The number of halogens is 1. The lowest BCUT2D eigenvalue weighted by Gasteiger charge is -1.93. The van der Waals surface area contributed by atoms with Crippen molar-refractivity contribution >= 4 is 16.6 Å². The third-order valence-corrected chi connectivity index (χ3v) is 1.74. The summed E-state index contributed by atoms with van der Waals surface area (Å²) in [5, 5.41) is 4.89. The Morgan fingerprint density at radius 1 is 1.36 bits per heavy atom. The number of aromatic nitrogens is 2. The van der Waals surface area contributed by atoms with Crippen molar-refractivity contribution in [3.05, 3.63) is 24.1 Å². The first-order valence-corrected chi connectivity index (χ1v) is 4.55. The van der Waals surface area contributed by atoms with Crippen LogP contribution in [0.5, 0.6) is 0 Å². The molecule has 3 nitrogen and oxygen atoms in total. The normalized spacial score (nSPS) is 9.71. The molecular formula is C10H14FN3. The van der Waals surface area contributed by atoms with E-state index in [0.717, 1.165) is 5.39 Å². The van der Waals surface area contributed by atoms with Crippen LogP contribution in [0, 0.1) is 5.82 Å². The summed E-state index contributed by atoms with van der Waals surface area (Å²) >= 11 is 0. The number of hydrogen-bond acceptors (Lipinski definition) is 2. The highest BCUT2D eigenvalue weighted by Crippen LogP contribution is 2.18. The fraction of sp³-hybridized carbons (Fsp3) is 0.300. The monoisotopic (exact) mass is 195 g/mol. The van der Waals surface area contributed by atoms with Gasteiger partial charge in [0.05, 0.1) is 11.2 Å². The Kier molecular flexibility index (Phi) is 3.06. The van der Waals surface area contributed by atoms with Gasteiger partial charge in [0, 0.05) is 24.7 Å². The number of hydrogen-bond donors (Lipinski definition) is 1. The van der Waals surface area contributed by atoms with Crippen LogP contribution in [-0.4, -0.2) is 9.78 Å². The summed E-state index contributed by atoms with van der Waals surface area (Å²) in [7, 11) is 1.79. The summed E-state index contributed by atoms with van der Waals surface area (Å²) in [4.78, 5) is 0. The van der Waals surface area contributed by atoms with Crippen LogP contribution in [0.25, 0.3) is 10.9 Å². The van der Waals surface area contributed by atoms with E-state index in [1.54, 1.807) is 24.0 Å². The minimum atomic E-state index is -0.416. The van der Waals surface area contributed by atoms with Crippen molar-refractivity contribution in [2.75, 3.05) is 5.73 Å². The van der Waals surface area contributed by atoms with Crippen molar-refractivity contribution in [3.63, 3.8) is 0 Å². The molecule has 0 radical (unpaired) electrons. The lowest BCUT2D eigenvalue weighted by molar-refractivity contribution is 0.633. The van der Waals surface area contributed by atoms with Gasteiger partial charge in [-0.15, -0.1) is 0 Å². The minimum absolute atomic E-state index is 0.163. The van der Waals surface area contributed by atoms with Crippen molar-refractivity contribution in [2.24, 2.45) is 7.05 Å². The Morgan fingerprint density at radius 3 is 2.64 bits per heavy atom. The smallest absolute Gasteiger partial charge is 0.148 e. The van der Waals surface area contributed by atoms with Crippen LogP contribution >= 0.6 is 0 Å². The van der Waals surface area contributed by atoms with E-state index in [-0.39, 0.29) is 5.69 Å². The Morgan fingerprint density at radius 2 is 2.00 bits per heavy atom. The molecule has 0 aliphatic rings. The molecular weight excluding hydrogens is 181 g/mol. The van der Waals surface area contributed by atoms with Gasteiger partial charge >= 0.3 is 0 Å². The highest BCUT2D eigenvalue weighted by Gasteiger charge is 2.03. The molecule has 2 rings (SSSR count). The number of aryl methyl sites for hydroxylation is 1. The van der Waals surface area contributed by atoms with Crippen LogP contribution < -0.4 is 5.73 Å². The number of nitrogens with two attached hydrogens (primary N) is 1. The first-order chi connectivity index (χ1) is 6.66. The van der Waals surface area contributed by atoms with Crippen LogP contribution in [0.2, 0.25) is 0 Å². The topological polar surface area (TPSA) is 43.8 Å². The Balaban J connectivity index is 0.000000461. The molecule has 0 saturated carbocycles. The molecule has 4 heteroatoms. The maximum absolute atomic E-state index is 12.9. The van der Waals surface area contributed by atoms with Crippen LogP contribution in [-0.2, 0) is 7.05 Å². The molecule has 0 unspecified atom stereocenters. The summed E-state index contributed by atoms with van der Waals surface area (Å²) in [6.07, 6.45) is 1.80. The van der Waals surface area contributed by atoms with Gasteiger partial charge in [0.15, 0.2) is 0 Å². The van der Waals surface area contributed by atoms with E-state index in [0.29, 0.717) is 5.52 Å². The molecule has 0 saturated heterocycles. The molecule has 76 valence electrons. The lowest BCUT2D eigenvalue weighted by Crippen LogP contribution is -1.89. The molecule has 1 aromatic carbocycles. The summed E-state index contributed by atoms with van der Waals surface area (Å²) in [6, 6.07) is 2.92. The molecule has 0 bridgehead atoms. The van der Waals surface area contributed by atoms with Gasteiger partial charge in [-0.05, 0) is 6.07 Å². The van der Waals surface area contributed by atoms with Crippen molar-refractivity contribution < 1.29 is 4.39 Å². The van der Waals surface area contributed by atoms with Gasteiger partial charge in [0.25, 0.3) is 0 Å². The summed E-state index contributed by atoms with van der Waals surface area (Å²) < 4.78 is 14.5. The standard InChI is InChI=1S/C8H8FN3.C2H6/c1-12-4-5-2-7(10)6(9)3-8(5)11-12;1-2/h2-4H,10H2,1H3;1-2H3. The van der Waals surface area contributed by atoms with E-state index < -0.39 is 5.82 Å². The third-order valence-electron chi connectivity index (χ3n) is 1.74. The Hall–Kier alpha value is -1.58.